The Kier molecular flexibility index (Phi) is 6.51. The lowest BCUT2D eigenvalue weighted by Crippen LogP contribution is -2.22. The number of methoxy groups -OCH3 is 1. The van der Waals surface area contributed by atoms with Gasteiger partial charge in [-0.05, 0) is 56.5 Å². The third-order valence-corrected chi connectivity index (χ3v) is 5.86. The first-order valence-electron chi connectivity index (χ1n) is 10.6. The Labute approximate surface area is 196 Å². The van der Waals surface area contributed by atoms with Crippen LogP contribution in [-0.2, 0) is 6.42 Å². The molecule has 0 saturated heterocycles. The maximum absolute atomic E-state index is 13.0. The van der Waals surface area contributed by atoms with Crippen LogP contribution in [-0.4, -0.2) is 24.6 Å². The molecule has 0 saturated carbocycles. The quantitative estimate of drug-likeness (QED) is 0.501. The first-order chi connectivity index (χ1) is 15.9. The van der Waals surface area contributed by atoms with Crippen LogP contribution in [0.25, 0.3) is 0 Å². The summed E-state index contributed by atoms with van der Waals surface area (Å²) in [5, 5.41) is 7.78. The fourth-order valence-electron chi connectivity index (χ4n) is 3.92. The number of carbonyl (C=O) groups is 2. The highest BCUT2D eigenvalue weighted by Crippen LogP contribution is 2.31. The molecule has 0 atom stereocenters. The van der Waals surface area contributed by atoms with Gasteiger partial charge in [0.05, 0.1) is 18.4 Å². The maximum Gasteiger partial charge on any atom is 0.291 e. The number of benzene rings is 2. The second-order valence-electron chi connectivity index (χ2n) is 7.82. The van der Waals surface area contributed by atoms with Gasteiger partial charge in [0.1, 0.15) is 11.5 Å². The van der Waals surface area contributed by atoms with E-state index in [4.69, 9.17) is 20.8 Å². The van der Waals surface area contributed by atoms with Gasteiger partial charge in [0.25, 0.3) is 11.8 Å². The van der Waals surface area contributed by atoms with Gasteiger partial charge in [-0.1, -0.05) is 29.8 Å². The molecular weight excluding hydrogens is 442 g/mol. The van der Waals surface area contributed by atoms with Gasteiger partial charge in [0.2, 0.25) is 0 Å². The van der Waals surface area contributed by atoms with Crippen LogP contribution in [0, 0.1) is 13.8 Å². The normalized spacial score (nSPS) is 14.0. The SMILES string of the molecule is COc1ccccc1C(=O)N/N=C1\CCCc2oc(C(=O)Nc3cc(Cl)ccc3C)c(C)c21. The van der Waals surface area contributed by atoms with Crippen molar-refractivity contribution in [3.63, 3.8) is 0 Å². The van der Waals surface area contributed by atoms with Crippen molar-refractivity contribution in [2.45, 2.75) is 33.1 Å². The van der Waals surface area contributed by atoms with E-state index in [-0.39, 0.29) is 17.6 Å². The molecule has 4 rings (SSSR count). The predicted molar refractivity (Wildman–Crippen MR) is 128 cm³/mol. The van der Waals surface area contributed by atoms with E-state index in [1.807, 2.05) is 19.9 Å². The Hall–Kier alpha value is -3.58. The zero-order chi connectivity index (χ0) is 23.5. The number of furan rings is 1. The number of carbonyl (C=O) groups excluding carboxylic acids is 2. The Morgan fingerprint density at radius 3 is 2.67 bits per heavy atom. The number of hydrogen-bond donors (Lipinski definition) is 2. The van der Waals surface area contributed by atoms with E-state index in [0.717, 1.165) is 17.5 Å². The van der Waals surface area contributed by atoms with E-state index >= 15 is 0 Å². The second-order valence-corrected chi connectivity index (χ2v) is 8.26. The van der Waals surface area contributed by atoms with E-state index in [1.54, 1.807) is 36.4 Å². The summed E-state index contributed by atoms with van der Waals surface area (Å²) in [5.74, 6) is 0.656. The zero-order valence-corrected chi connectivity index (χ0v) is 19.4. The van der Waals surface area contributed by atoms with Crippen molar-refractivity contribution in [3.05, 3.63) is 81.3 Å². The molecule has 0 bridgehead atoms. The summed E-state index contributed by atoms with van der Waals surface area (Å²) in [5.41, 5.74) is 6.66. The lowest BCUT2D eigenvalue weighted by Gasteiger charge is -2.14. The van der Waals surface area contributed by atoms with Crippen LogP contribution >= 0.6 is 11.6 Å². The molecule has 2 N–H and O–H groups in total. The van der Waals surface area contributed by atoms with Crippen LogP contribution in [0.15, 0.2) is 52.0 Å². The molecular formula is C25H24ClN3O4. The Balaban J connectivity index is 1.59. The van der Waals surface area contributed by atoms with Gasteiger partial charge in [0.15, 0.2) is 5.76 Å². The van der Waals surface area contributed by atoms with Gasteiger partial charge in [-0.2, -0.15) is 5.10 Å². The number of anilines is 1. The minimum absolute atomic E-state index is 0.227. The molecule has 0 aliphatic heterocycles. The fraction of sp³-hybridized carbons (Fsp3) is 0.240. The highest BCUT2D eigenvalue weighted by Gasteiger charge is 2.28. The number of amides is 2. The van der Waals surface area contributed by atoms with Crippen LogP contribution in [0.2, 0.25) is 5.02 Å². The molecule has 33 heavy (non-hydrogen) atoms. The average Bonchev–Trinajstić information content (AvgIpc) is 3.17. The summed E-state index contributed by atoms with van der Waals surface area (Å²) >= 11 is 6.07. The maximum atomic E-state index is 13.0. The summed E-state index contributed by atoms with van der Waals surface area (Å²) in [6.45, 7) is 3.71. The van der Waals surface area contributed by atoms with Crippen molar-refractivity contribution >= 4 is 34.8 Å². The van der Waals surface area contributed by atoms with Crippen molar-refractivity contribution in [2.75, 3.05) is 12.4 Å². The molecule has 1 heterocycles. The van der Waals surface area contributed by atoms with E-state index in [1.165, 1.54) is 7.11 Å². The number of para-hydroxylation sites is 1. The standard InChI is InChI=1S/C25H24ClN3O4/c1-14-11-12-16(26)13-19(14)27-25(31)23-15(2)22-18(8-6-10-21(22)33-23)28-29-24(30)17-7-4-5-9-20(17)32-3/h4-5,7,9,11-13H,6,8,10H2,1-3H3,(H,27,31)(H,29,30)/b28-18+. The van der Waals surface area contributed by atoms with E-state index < -0.39 is 0 Å². The summed E-state index contributed by atoms with van der Waals surface area (Å²) in [7, 11) is 1.51. The molecule has 1 aliphatic rings. The fourth-order valence-corrected chi connectivity index (χ4v) is 4.09. The molecule has 0 unspecified atom stereocenters. The summed E-state index contributed by atoms with van der Waals surface area (Å²) in [6, 6.07) is 12.3. The minimum Gasteiger partial charge on any atom is -0.496 e. The van der Waals surface area contributed by atoms with Crippen LogP contribution in [0.5, 0.6) is 5.75 Å². The van der Waals surface area contributed by atoms with E-state index in [2.05, 4.69) is 15.8 Å². The lowest BCUT2D eigenvalue weighted by atomic mass is 9.93. The first-order valence-corrected chi connectivity index (χ1v) is 11.0. The smallest absolute Gasteiger partial charge is 0.291 e. The number of aryl methyl sites for hydroxylation is 2. The van der Waals surface area contributed by atoms with Gasteiger partial charge < -0.3 is 14.5 Å². The minimum atomic E-state index is -0.373. The Morgan fingerprint density at radius 1 is 1.09 bits per heavy atom. The number of halogens is 1. The molecule has 1 aliphatic carbocycles. The number of hydrogen-bond acceptors (Lipinski definition) is 5. The van der Waals surface area contributed by atoms with Crippen LogP contribution in [0.4, 0.5) is 5.69 Å². The van der Waals surface area contributed by atoms with Crippen molar-refractivity contribution in [3.8, 4) is 5.75 Å². The number of fused-ring (bicyclic) bond motifs is 1. The number of ether oxygens (including phenoxy) is 1. The van der Waals surface area contributed by atoms with Crippen LogP contribution in [0.1, 0.15) is 56.2 Å². The Bertz CT molecular complexity index is 1260. The monoisotopic (exact) mass is 465 g/mol. The van der Waals surface area contributed by atoms with Gasteiger partial charge in [-0.25, -0.2) is 5.43 Å². The average molecular weight is 466 g/mol. The molecule has 8 heteroatoms. The summed E-state index contributed by atoms with van der Waals surface area (Å²) < 4.78 is 11.2. The molecule has 170 valence electrons. The van der Waals surface area contributed by atoms with Crippen LogP contribution < -0.4 is 15.5 Å². The molecule has 2 amide bonds. The molecule has 0 spiro atoms. The van der Waals surface area contributed by atoms with Gasteiger partial charge in [0, 0.05) is 28.3 Å². The van der Waals surface area contributed by atoms with Crippen LogP contribution in [0.3, 0.4) is 0 Å². The summed E-state index contributed by atoms with van der Waals surface area (Å²) in [4.78, 5) is 25.6. The number of rotatable bonds is 5. The third kappa shape index (κ3) is 4.64. The molecule has 1 aromatic heterocycles. The summed E-state index contributed by atoms with van der Waals surface area (Å²) in [6.07, 6.45) is 2.16. The topological polar surface area (TPSA) is 92.9 Å². The predicted octanol–water partition coefficient (Wildman–Crippen LogP) is 5.28. The Morgan fingerprint density at radius 2 is 1.88 bits per heavy atom. The molecule has 0 radical (unpaired) electrons. The lowest BCUT2D eigenvalue weighted by molar-refractivity contribution is 0.0950. The van der Waals surface area contributed by atoms with E-state index in [0.29, 0.717) is 51.9 Å². The zero-order valence-electron chi connectivity index (χ0n) is 18.6. The molecule has 2 aromatic carbocycles. The first kappa shape index (κ1) is 22.6. The third-order valence-electron chi connectivity index (χ3n) is 5.62. The van der Waals surface area contributed by atoms with Crippen molar-refractivity contribution in [1.29, 1.82) is 0 Å². The van der Waals surface area contributed by atoms with Gasteiger partial charge >= 0.3 is 0 Å². The number of nitrogens with one attached hydrogen (secondary N) is 2. The molecule has 3 aromatic rings. The van der Waals surface area contributed by atoms with E-state index in [9.17, 15) is 9.59 Å². The highest BCUT2D eigenvalue weighted by molar-refractivity contribution is 6.31. The van der Waals surface area contributed by atoms with Crippen molar-refractivity contribution in [1.82, 2.24) is 5.43 Å². The largest absolute Gasteiger partial charge is 0.496 e. The van der Waals surface area contributed by atoms with Gasteiger partial charge in [-0.15, -0.1) is 0 Å². The molecule has 0 fully saturated rings. The highest BCUT2D eigenvalue weighted by atomic mass is 35.5. The van der Waals surface area contributed by atoms with Crippen molar-refractivity contribution < 1.29 is 18.7 Å². The van der Waals surface area contributed by atoms with Gasteiger partial charge in [-0.3, -0.25) is 9.59 Å². The second kappa shape index (κ2) is 9.50. The number of hydrazone groups is 1. The molecule has 7 nitrogen and oxygen atoms in total. The van der Waals surface area contributed by atoms with Crippen molar-refractivity contribution in [2.24, 2.45) is 5.10 Å². The number of nitrogens with zero attached hydrogens (tertiary/aromatic N) is 1.